The molecule has 0 radical (unpaired) electrons. The van der Waals surface area contributed by atoms with Gasteiger partial charge in [0.15, 0.2) is 17.5 Å². The molecule has 172 valence electrons. The lowest BCUT2D eigenvalue weighted by atomic mass is 10.1. The number of nitrogens with zero attached hydrogens (tertiary/aromatic N) is 2. The average molecular weight is 439 g/mol. The van der Waals surface area contributed by atoms with E-state index < -0.39 is 0 Å². The van der Waals surface area contributed by atoms with Crippen molar-refractivity contribution in [2.45, 2.75) is 45.6 Å². The van der Waals surface area contributed by atoms with Gasteiger partial charge in [0.2, 0.25) is 6.79 Å². The molecule has 0 amide bonds. The summed E-state index contributed by atoms with van der Waals surface area (Å²) < 4.78 is 16.6. The average Bonchev–Trinajstić information content (AvgIpc) is 3.24. The number of guanidine groups is 1. The summed E-state index contributed by atoms with van der Waals surface area (Å²) in [6.07, 6.45) is 1.48. The third kappa shape index (κ3) is 6.14. The number of ether oxygens (including phenoxy) is 3. The highest BCUT2D eigenvalue weighted by Gasteiger charge is 2.22. The summed E-state index contributed by atoms with van der Waals surface area (Å²) in [7, 11) is 1.79. The Bertz CT molecular complexity index is 906. The molecule has 2 unspecified atom stereocenters. The van der Waals surface area contributed by atoms with Gasteiger partial charge in [0.05, 0.1) is 12.2 Å². The lowest BCUT2D eigenvalue weighted by Gasteiger charge is -2.35. The maximum absolute atomic E-state index is 5.83. The van der Waals surface area contributed by atoms with Crippen molar-refractivity contribution in [2.75, 3.05) is 33.5 Å². The number of fused-ring (bicyclic) bond motifs is 1. The van der Waals surface area contributed by atoms with E-state index in [0.717, 1.165) is 56.6 Å². The highest BCUT2D eigenvalue weighted by molar-refractivity contribution is 5.79. The topological polar surface area (TPSA) is 67.4 Å². The predicted molar refractivity (Wildman–Crippen MR) is 126 cm³/mol. The SMILES string of the molecule is CN=C(NCCc1ccc2c(c1)OCO2)NCc1ccc(CN2CC(C)OC(C)C2)cc1. The summed E-state index contributed by atoms with van der Waals surface area (Å²) in [6, 6.07) is 14.9. The monoisotopic (exact) mass is 438 g/mol. The molecule has 7 heteroatoms. The molecule has 0 aliphatic carbocycles. The van der Waals surface area contributed by atoms with Crippen LogP contribution in [0.5, 0.6) is 11.5 Å². The Morgan fingerprint density at radius 3 is 2.38 bits per heavy atom. The van der Waals surface area contributed by atoms with Gasteiger partial charge in [0.1, 0.15) is 0 Å². The van der Waals surface area contributed by atoms with Crippen molar-refractivity contribution in [3.63, 3.8) is 0 Å². The van der Waals surface area contributed by atoms with Crippen molar-refractivity contribution in [1.29, 1.82) is 0 Å². The van der Waals surface area contributed by atoms with Crippen LogP contribution in [0.15, 0.2) is 47.5 Å². The minimum absolute atomic E-state index is 0.298. The van der Waals surface area contributed by atoms with E-state index in [1.165, 1.54) is 16.7 Å². The van der Waals surface area contributed by atoms with Gasteiger partial charge in [-0.05, 0) is 49.1 Å². The first-order valence-electron chi connectivity index (χ1n) is 11.4. The van der Waals surface area contributed by atoms with Crippen molar-refractivity contribution in [1.82, 2.24) is 15.5 Å². The summed E-state index contributed by atoms with van der Waals surface area (Å²) in [6.45, 7) is 9.06. The molecule has 1 saturated heterocycles. The van der Waals surface area contributed by atoms with Crippen molar-refractivity contribution in [3.8, 4) is 11.5 Å². The van der Waals surface area contributed by atoms with Crippen LogP contribution in [0.25, 0.3) is 0 Å². The van der Waals surface area contributed by atoms with Crippen LogP contribution in [-0.4, -0.2) is 56.5 Å². The lowest BCUT2D eigenvalue weighted by molar-refractivity contribution is -0.0704. The van der Waals surface area contributed by atoms with Crippen LogP contribution in [0.3, 0.4) is 0 Å². The zero-order valence-electron chi connectivity index (χ0n) is 19.3. The van der Waals surface area contributed by atoms with Crippen LogP contribution in [0.4, 0.5) is 0 Å². The van der Waals surface area contributed by atoms with E-state index in [9.17, 15) is 0 Å². The predicted octanol–water partition coefficient (Wildman–Crippen LogP) is 2.93. The molecule has 0 saturated carbocycles. The summed E-state index contributed by atoms with van der Waals surface area (Å²) >= 11 is 0. The minimum Gasteiger partial charge on any atom is -0.454 e. The second kappa shape index (κ2) is 10.7. The number of morpholine rings is 1. The molecule has 2 heterocycles. The Balaban J connectivity index is 1.20. The zero-order chi connectivity index (χ0) is 22.3. The lowest BCUT2D eigenvalue weighted by Crippen LogP contribution is -2.44. The second-order valence-corrected chi connectivity index (χ2v) is 8.56. The Hall–Kier alpha value is -2.77. The van der Waals surface area contributed by atoms with Gasteiger partial charge in [-0.2, -0.15) is 0 Å². The Kier molecular flexibility index (Phi) is 7.50. The number of aliphatic imine (C=N–C) groups is 1. The summed E-state index contributed by atoms with van der Waals surface area (Å²) in [4.78, 5) is 6.80. The number of hydrogen-bond donors (Lipinski definition) is 2. The number of hydrogen-bond acceptors (Lipinski definition) is 5. The summed E-state index contributed by atoms with van der Waals surface area (Å²) in [5.74, 6) is 2.44. The molecule has 2 atom stereocenters. The molecule has 0 aromatic heterocycles. The molecule has 2 N–H and O–H groups in total. The quantitative estimate of drug-likeness (QED) is 0.512. The fraction of sp³-hybridized carbons (Fsp3) is 0.480. The Morgan fingerprint density at radius 2 is 1.62 bits per heavy atom. The second-order valence-electron chi connectivity index (χ2n) is 8.56. The molecule has 2 aromatic rings. The van der Waals surface area contributed by atoms with Crippen molar-refractivity contribution < 1.29 is 14.2 Å². The first kappa shape index (κ1) is 22.4. The zero-order valence-corrected chi connectivity index (χ0v) is 19.3. The van der Waals surface area contributed by atoms with Crippen LogP contribution in [0.1, 0.15) is 30.5 Å². The van der Waals surface area contributed by atoms with Crippen LogP contribution in [-0.2, 0) is 24.2 Å². The first-order valence-corrected chi connectivity index (χ1v) is 11.4. The maximum atomic E-state index is 5.83. The molecule has 7 nitrogen and oxygen atoms in total. The minimum atomic E-state index is 0.298. The molecule has 0 bridgehead atoms. The molecule has 1 fully saturated rings. The molecular weight excluding hydrogens is 404 g/mol. The summed E-state index contributed by atoms with van der Waals surface area (Å²) in [5.41, 5.74) is 3.77. The first-order chi connectivity index (χ1) is 15.6. The van der Waals surface area contributed by atoms with Crippen molar-refractivity contribution in [2.24, 2.45) is 4.99 Å². The molecule has 2 aromatic carbocycles. The van der Waals surface area contributed by atoms with Crippen molar-refractivity contribution in [3.05, 3.63) is 59.2 Å². The van der Waals surface area contributed by atoms with Gasteiger partial charge < -0.3 is 24.8 Å². The fourth-order valence-electron chi connectivity index (χ4n) is 4.26. The van der Waals surface area contributed by atoms with Gasteiger partial charge in [-0.1, -0.05) is 30.3 Å². The molecule has 4 rings (SSSR count). The third-order valence-corrected chi connectivity index (χ3v) is 5.75. The van der Waals surface area contributed by atoms with Crippen molar-refractivity contribution >= 4 is 5.96 Å². The van der Waals surface area contributed by atoms with Crippen LogP contribution in [0.2, 0.25) is 0 Å². The molecule has 2 aliphatic heterocycles. The van der Waals surface area contributed by atoms with E-state index in [1.807, 2.05) is 12.1 Å². The van der Waals surface area contributed by atoms with E-state index in [1.54, 1.807) is 7.05 Å². The van der Waals surface area contributed by atoms with Gasteiger partial charge in [0.25, 0.3) is 0 Å². The molecular formula is C25H34N4O3. The number of nitrogens with one attached hydrogen (secondary N) is 2. The number of benzene rings is 2. The highest BCUT2D eigenvalue weighted by atomic mass is 16.7. The van der Waals surface area contributed by atoms with E-state index >= 15 is 0 Å². The molecule has 32 heavy (non-hydrogen) atoms. The van der Waals surface area contributed by atoms with Crippen LogP contribution in [0, 0.1) is 0 Å². The van der Waals surface area contributed by atoms with Crippen LogP contribution >= 0.6 is 0 Å². The van der Waals surface area contributed by atoms with Gasteiger partial charge in [-0.25, -0.2) is 0 Å². The highest BCUT2D eigenvalue weighted by Crippen LogP contribution is 2.32. The maximum Gasteiger partial charge on any atom is 0.231 e. The van der Waals surface area contributed by atoms with Gasteiger partial charge >= 0.3 is 0 Å². The smallest absolute Gasteiger partial charge is 0.231 e. The van der Waals surface area contributed by atoms with E-state index in [4.69, 9.17) is 14.2 Å². The Labute approximate surface area is 190 Å². The summed E-state index contributed by atoms with van der Waals surface area (Å²) in [5, 5.41) is 6.77. The van der Waals surface area contributed by atoms with Gasteiger partial charge in [0, 0.05) is 39.8 Å². The molecule has 0 spiro atoms. The van der Waals surface area contributed by atoms with Gasteiger partial charge in [-0.3, -0.25) is 9.89 Å². The van der Waals surface area contributed by atoms with E-state index in [-0.39, 0.29) is 0 Å². The van der Waals surface area contributed by atoms with Gasteiger partial charge in [-0.15, -0.1) is 0 Å². The van der Waals surface area contributed by atoms with E-state index in [2.05, 4.69) is 64.7 Å². The Morgan fingerprint density at radius 1 is 0.938 bits per heavy atom. The number of rotatable bonds is 7. The third-order valence-electron chi connectivity index (χ3n) is 5.75. The molecule has 2 aliphatic rings. The largest absolute Gasteiger partial charge is 0.454 e. The normalized spacial score (nSPS) is 20.9. The van der Waals surface area contributed by atoms with E-state index in [0.29, 0.717) is 19.0 Å². The standard InChI is InChI=1S/C25H34N4O3/c1-18-14-29(15-19(2)32-18)16-22-6-4-21(5-7-22)13-28-25(26-3)27-11-10-20-8-9-23-24(12-20)31-17-30-23/h4-9,12,18-19H,10-11,13-17H2,1-3H3,(H2,26,27,28). The fourth-order valence-corrected chi connectivity index (χ4v) is 4.26. The van der Waals surface area contributed by atoms with Crippen LogP contribution < -0.4 is 20.1 Å².